The fourth-order valence-corrected chi connectivity index (χ4v) is 2.74. The molecule has 2 aromatic carbocycles. The number of rotatable bonds is 5. The lowest BCUT2D eigenvalue weighted by atomic mass is 10.1. The van der Waals surface area contributed by atoms with Crippen molar-refractivity contribution in [2.24, 2.45) is 0 Å². The van der Waals surface area contributed by atoms with Gasteiger partial charge in [0.1, 0.15) is 11.4 Å². The molecule has 1 aliphatic rings. The van der Waals surface area contributed by atoms with Crippen molar-refractivity contribution in [2.45, 2.75) is 0 Å². The van der Waals surface area contributed by atoms with Crippen LogP contribution >= 0.6 is 0 Å². The van der Waals surface area contributed by atoms with Crippen molar-refractivity contribution in [1.82, 2.24) is 10.2 Å². The predicted molar refractivity (Wildman–Crippen MR) is 102 cm³/mol. The molecule has 3 rings (SSSR count). The van der Waals surface area contributed by atoms with E-state index in [9.17, 15) is 9.59 Å². The van der Waals surface area contributed by atoms with Crippen molar-refractivity contribution in [1.29, 1.82) is 0 Å². The SMILES string of the molecule is COc1ccc(C(=O)NC(=Cc2ccccc2)C(=O)N2CCOCC2)cc1. The topological polar surface area (TPSA) is 67.9 Å². The van der Waals surface area contributed by atoms with Crippen LogP contribution in [0.5, 0.6) is 5.75 Å². The molecule has 0 aromatic heterocycles. The zero-order valence-electron chi connectivity index (χ0n) is 15.2. The third-order valence-corrected chi connectivity index (χ3v) is 4.24. The molecule has 0 bridgehead atoms. The molecule has 140 valence electrons. The molecule has 2 aromatic rings. The van der Waals surface area contributed by atoms with Crippen LogP contribution in [0.2, 0.25) is 0 Å². The maximum absolute atomic E-state index is 12.9. The first-order chi connectivity index (χ1) is 13.2. The zero-order chi connectivity index (χ0) is 19.1. The van der Waals surface area contributed by atoms with Gasteiger partial charge in [0.25, 0.3) is 11.8 Å². The quantitative estimate of drug-likeness (QED) is 0.825. The van der Waals surface area contributed by atoms with Gasteiger partial charge in [0.15, 0.2) is 0 Å². The zero-order valence-corrected chi connectivity index (χ0v) is 15.2. The summed E-state index contributed by atoms with van der Waals surface area (Å²) in [6, 6.07) is 16.2. The number of morpholine rings is 1. The van der Waals surface area contributed by atoms with E-state index in [-0.39, 0.29) is 17.5 Å². The van der Waals surface area contributed by atoms with E-state index in [4.69, 9.17) is 9.47 Å². The Bertz CT molecular complexity index is 810. The standard InChI is InChI=1S/C21H22N2O4/c1-26-18-9-7-17(8-10-18)20(24)22-19(15-16-5-3-2-4-6-16)21(25)23-11-13-27-14-12-23/h2-10,15H,11-14H2,1H3,(H,22,24). The number of carbonyl (C=O) groups is 2. The molecular weight excluding hydrogens is 344 g/mol. The summed E-state index contributed by atoms with van der Waals surface area (Å²) in [6.07, 6.45) is 1.69. The first-order valence-corrected chi connectivity index (χ1v) is 8.76. The lowest BCUT2D eigenvalue weighted by Gasteiger charge is -2.27. The van der Waals surface area contributed by atoms with E-state index >= 15 is 0 Å². The normalized spacial score (nSPS) is 14.6. The maximum atomic E-state index is 12.9. The Morgan fingerprint density at radius 1 is 1.04 bits per heavy atom. The lowest BCUT2D eigenvalue weighted by Crippen LogP contribution is -2.44. The minimum Gasteiger partial charge on any atom is -0.497 e. The van der Waals surface area contributed by atoms with Crippen molar-refractivity contribution in [3.05, 3.63) is 71.4 Å². The summed E-state index contributed by atoms with van der Waals surface area (Å²) >= 11 is 0. The van der Waals surface area contributed by atoms with Crippen molar-refractivity contribution in [3.8, 4) is 5.75 Å². The van der Waals surface area contributed by atoms with E-state index < -0.39 is 0 Å². The second-order valence-corrected chi connectivity index (χ2v) is 6.06. The van der Waals surface area contributed by atoms with Crippen LogP contribution in [0.25, 0.3) is 6.08 Å². The van der Waals surface area contributed by atoms with Crippen LogP contribution in [0.4, 0.5) is 0 Å². The molecule has 1 aliphatic heterocycles. The minimum absolute atomic E-state index is 0.219. The Kier molecular flexibility index (Phi) is 6.22. The highest BCUT2D eigenvalue weighted by atomic mass is 16.5. The van der Waals surface area contributed by atoms with Crippen LogP contribution in [0.1, 0.15) is 15.9 Å². The van der Waals surface area contributed by atoms with E-state index in [0.29, 0.717) is 37.6 Å². The molecule has 6 nitrogen and oxygen atoms in total. The number of methoxy groups -OCH3 is 1. The van der Waals surface area contributed by atoms with Crippen LogP contribution in [-0.2, 0) is 9.53 Å². The van der Waals surface area contributed by atoms with Crippen LogP contribution in [-0.4, -0.2) is 50.1 Å². The second kappa shape index (κ2) is 9.00. The van der Waals surface area contributed by atoms with Crippen molar-refractivity contribution in [2.75, 3.05) is 33.4 Å². The van der Waals surface area contributed by atoms with E-state index in [1.807, 2.05) is 30.3 Å². The Morgan fingerprint density at radius 2 is 1.70 bits per heavy atom. The van der Waals surface area contributed by atoms with Gasteiger partial charge >= 0.3 is 0 Å². The maximum Gasteiger partial charge on any atom is 0.270 e. The van der Waals surface area contributed by atoms with Crippen LogP contribution in [0.15, 0.2) is 60.3 Å². The number of hydrogen-bond acceptors (Lipinski definition) is 4. The first-order valence-electron chi connectivity index (χ1n) is 8.76. The molecule has 0 aliphatic carbocycles. The van der Waals surface area contributed by atoms with Gasteiger partial charge in [0, 0.05) is 18.7 Å². The highest BCUT2D eigenvalue weighted by Gasteiger charge is 2.22. The Hall–Kier alpha value is -3.12. The van der Waals surface area contributed by atoms with E-state index in [0.717, 1.165) is 5.56 Å². The molecule has 0 radical (unpaired) electrons. The Labute approximate surface area is 158 Å². The number of nitrogens with one attached hydrogen (secondary N) is 1. The highest BCUT2D eigenvalue weighted by Crippen LogP contribution is 2.13. The summed E-state index contributed by atoms with van der Waals surface area (Å²) in [5.41, 5.74) is 1.53. The molecule has 27 heavy (non-hydrogen) atoms. The number of nitrogens with zero attached hydrogens (tertiary/aromatic N) is 1. The molecule has 1 fully saturated rings. The van der Waals surface area contributed by atoms with Gasteiger partial charge < -0.3 is 19.7 Å². The largest absolute Gasteiger partial charge is 0.497 e. The summed E-state index contributed by atoms with van der Waals surface area (Å²) in [4.78, 5) is 27.3. The molecule has 0 atom stereocenters. The molecule has 1 saturated heterocycles. The van der Waals surface area contributed by atoms with E-state index in [1.165, 1.54) is 0 Å². The van der Waals surface area contributed by atoms with Gasteiger partial charge in [-0.3, -0.25) is 9.59 Å². The number of carbonyl (C=O) groups excluding carboxylic acids is 2. The smallest absolute Gasteiger partial charge is 0.270 e. The predicted octanol–water partition coefficient (Wildman–Crippen LogP) is 2.32. The average Bonchev–Trinajstić information content (AvgIpc) is 2.74. The minimum atomic E-state index is -0.346. The molecule has 0 saturated carbocycles. The molecule has 0 spiro atoms. The monoisotopic (exact) mass is 366 g/mol. The number of benzene rings is 2. The van der Waals surface area contributed by atoms with Crippen molar-refractivity contribution < 1.29 is 19.1 Å². The fraction of sp³-hybridized carbons (Fsp3) is 0.238. The molecule has 0 unspecified atom stereocenters. The fourth-order valence-electron chi connectivity index (χ4n) is 2.74. The number of hydrogen-bond donors (Lipinski definition) is 1. The van der Waals surface area contributed by atoms with Gasteiger partial charge in [0.05, 0.1) is 20.3 Å². The molecule has 1 N–H and O–H groups in total. The summed E-state index contributed by atoms with van der Waals surface area (Å²) in [6.45, 7) is 2.00. The number of amides is 2. The third-order valence-electron chi connectivity index (χ3n) is 4.24. The molecule has 2 amide bonds. The summed E-state index contributed by atoms with van der Waals surface area (Å²) in [7, 11) is 1.57. The summed E-state index contributed by atoms with van der Waals surface area (Å²) < 4.78 is 10.4. The first kappa shape index (κ1) is 18.7. The second-order valence-electron chi connectivity index (χ2n) is 6.06. The lowest BCUT2D eigenvalue weighted by molar-refractivity contribution is -0.131. The molecule has 1 heterocycles. The average molecular weight is 366 g/mol. The molecule has 6 heteroatoms. The van der Waals surface area contributed by atoms with Gasteiger partial charge in [-0.2, -0.15) is 0 Å². The van der Waals surface area contributed by atoms with Crippen LogP contribution in [0.3, 0.4) is 0 Å². The highest BCUT2D eigenvalue weighted by molar-refractivity contribution is 6.05. The summed E-state index contributed by atoms with van der Waals surface area (Å²) in [5.74, 6) is 0.0986. The van der Waals surface area contributed by atoms with Gasteiger partial charge in [-0.1, -0.05) is 30.3 Å². The third kappa shape index (κ3) is 4.95. The van der Waals surface area contributed by atoms with Gasteiger partial charge in [0.2, 0.25) is 0 Å². The van der Waals surface area contributed by atoms with Crippen LogP contribution < -0.4 is 10.1 Å². The van der Waals surface area contributed by atoms with Crippen LogP contribution in [0, 0.1) is 0 Å². The Balaban J connectivity index is 1.83. The van der Waals surface area contributed by atoms with E-state index in [1.54, 1.807) is 42.4 Å². The van der Waals surface area contributed by atoms with Crippen molar-refractivity contribution >= 4 is 17.9 Å². The Morgan fingerprint density at radius 3 is 2.33 bits per heavy atom. The van der Waals surface area contributed by atoms with Gasteiger partial charge in [-0.15, -0.1) is 0 Å². The van der Waals surface area contributed by atoms with E-state index in [2.05, 4.69) is 5.32 Å². The van der Waals surface area contributed by atoms with Gasteiger partial charge in [-0.25, -0.2) is 0 Å². The summed E-state index contributed by atoms with van der Waals surface area (Å²) in [5, 5.41) is 2.77. The molecular formula is C21H22N2O4. The van der Waals surface area contributed by atoms with Crippen molar-refractivity contribution in [3.63, 3.8) is 0 Å². The van der Waals surface area contributed by atoms with Gasteiger partial charge in [-0.05, 0) is 35.9 Å². The number of ether oxygens (including phenoxy) is 2.